The standard InChI is InChI=1S/C12H15N5O/c1-3-13-11-9(5-4-7-14-11)12(18)15-10-6-8-17(2)16-10/h4-8H,3H2,1-2H3,(H,13,14)(H,15,16,18). The molecule has 0 aliphatic rings. The van der Waals surface area contributed by atoms with E-state index >= 15 is 0 Å². The summed E-state index contributed by atoms with van der Waals surface area (Å²) < 4.78 is 1.63. The van der Waals surface area contributed by atoms with Gasteiger partial charge >= 0.3 is 0 Å². The third-order valence-electron chi connectivity index (χ3n) is 2.35. The minimum atomic E-state index is -0.224. The van der Waals surface area contributed by atoms with Gasteiger partial charge in [0.15, 0.2) is 5.82 Å². The van der Waals surface area contributed by atoms with Crippen LogP contribution in [-0.2, 0) is 7.05 Å². The van der Waals surface area contributed by atoms with E-state index in [1.54, 1.807) is 42.3 Å². The second-order valence-electron chi connectivity index (χ2n) is 3.76. The van der Waals surface area contributed by atoms with Crippen LogP contribution in [0.2, 0.25) is 0 Å². The molecule has 0 fully saturated rings. The molecule has 0 spiro atoms. The fourth-order valence-corrected chi connectivity index (χ4v) is 1.56. The lowest BCUT2D eigenvalue weighted by molar-refractivity contribution is 0.102. The van der Waals surface area contributed by atoms with Crippen molar-refractivity contribution in [3.05, 3.63) is 36.2 Å². The van der Waals surface area contributed by atoms with Gasteiger partial charge in [0.05, 0.1) is 5.56 Å². The first-order chi connectivity index (χ1) is 8.70. The first-order valence-corrected chi connectivity index (χ1v) is 5.70. The van der Waals surface area contributed by atoms with E-state index in [2.05, 4.69) is 20.7 Å². The Morgan fingerprint density at radius 3 is 2.94 bits per heavy atom. The van der Waals surface area contributed by atoms with Crippen molar-refractivity contribution in [1.29, 1.82) is 0 Å². The van der Waals surface area contributed by atoms with Gasteiger partial charge < -0.3 is 10.6 Å². The molecule has 0 aliphatic carbocycles. The first kappa shape index (κ1) is 12.1. The zero-order valence-electron chi connectivity index (χ0n) is 10.3. The summed E-state index contributed by atoms with van der Waals surface area (Å²) in [5.41, 5.74) is 0.505. The number of aromatic nitrogens is 3. The molecule has 0 radical (unpaired) electrons. The number of amides is 1. The molecule has 2 rings (SSSR count). The number of carbonyl (C=O) groups excluding carboxylic acids is 1. The minimum absolute atomic E-state index is 0.224. The van der Waals surface area contributed by atoms with Crippen molar-refractivity contribution in [1.82, 2.24) is 14.8 Å². The molecule has 0 aromatic carbocycles. The van der Waals surface area contributed by atoms with E-state index in [4.69, 9.17) is 0 Å². The highest BCUT2D eigenvalue weighted by Crippen LogP contribution is 2.13. The SMILES string of the molecule is CCNc1ncccc1C(=O)Nc1ccn(C)n1. The highest BCUT2D eigenvalue weighted by atomic mass is 16.1. The molecule has 2 aromatic heterocycles. The molecule has 2 aromatic rings. The van der Waals surface area contributed by atoms with Crippen molar-refractivity contribution in [2.75, 3.05) is 17.2 Å². The molecule has 2 heterocycles. The molecule has 0 saturated carbocycles. The number of rotatable bonds is 4. The molecular formula is C12H15N5O. The van der Waals surface area contributed by atoms with E-state index in [1.165, 1.54) is 0 Å². The van der Waals surface area contributed by atoms with Crippen LogP contribution in [0.1, 0.15) is 17.3 Å². The maximum atomic E-state index is 12.1. The van der Waals surface area contributed by atoms with Gasteiger partial charge in [-0.1, -0.05) is 0 Å². The number of pyridine rings is 1. The Balaban J connectivity index is 2.18. The van der Waals surface area contributed by atoms with Crippen molar-refractivity contribution in [2.45, 2.75) is 6.92 Å². The zero-order valence-corrected chi connectivity index (χ0v) is 10.3. The molecule has 18 heavy (non-hydrogen) atoms. The third-order valence-corrected chi connectivity index (χ3v) is 2.35. The fourth-order valence-electron chi connectivity index (χ4n) is 1.56. The average Bonchev–Trinajstić information content (AvgIpc) is 2.76. The van der Waals surface area contributed by atoms with Gasteiger partial charge in [-0.2, -0.15) is 5.10 Å². The van der Waals surface area contributed by atoms with Gasteiger partial charge in [-0.3, -0.25) is 9.48 Å². The second kappa shape index (κ2) is 5.31. The van der Waals surface area contributed by atoms with E-state index in [0.717, 1.165) is 0 Å². The molecule has 2 N–H and O–H groups in total. The van der Waals surface area contributed by atoms with E-state index in [9.17, 15) is 4.79 Å². The van der Waals surface area contributed by atoms with Crippen molar-refractivity contribution in [3.8, 4) is 0 Å². The van der Waals surface area contributed by atoms with Crippen LogP contribution < -0.4 is 10.6 Å². The van der Waals surface area contributed by atoms with Crippen LogP contribution in [0.4, 0.5) is 11.6 Å². The lowest BCUT2D eigenvalue weighted by Gasteiger charge is -2.08. The van der Waals surface area contributed by atoms with Gasteiger partial charge in [0.25, 0.3) is 5.91 Å². The number of carbonyl (C=O) groups is 1. The summed E-state index contributed by atoms with van der Waals surface area (Å²) in [7, 11) is 1.80. The molecule has 0 saturated heterocycles. The predicted octanol–water partition coefficient (Wildman–Crippen LogP) is 1.50. The summed E-state index contributed by atoms with van der Waals surface area (Å²) in [6.45, 7) is 2.66. The lowest BCUT2D eigenvalue weighted by atomic mass is 10.2. The van der Waals surface area contributed by atoms with Crippen LogP contribution in [0.25, 0.3) is 0 Å². The number of nitrogens with one attached hydrogen (secondary N) is 2. The highest BCUT2D eigenvalue weighted by molar-refractivity contribution is 6.06. The second-order valence-corrected chi connectivity index (χ2v) is 3.76. The van der Waals surface area contributed by atoms with Crippen LogP contribution in [0.3, 0.4) is 0 Å². The van der Waals surface area contributed by atoms with Crippen molar-refractivity contribution < 1.29 is 4.79 Å². The summed E-state index contributed by atoms with van der Waals surface area (Å²) in [5, 5.41) is 9.87. The van der Waals surface area contributed by atoms with E-state index in [-0.39, 0.29) is 5.91 Å². The van der Waals surface area contributed by atoms with Gasteiger partial charge in [-0.25, -0.2) is 4.98 Å². The molecule has 6 heteroatoms. The molecule has 94 valence electrons. The molecule has 1 amide bonds. The summed E-state index contributed by atoms with van der Waals surface area (Å²) in [4.78, 5) is 16.2. The number of anilines is 2. The largest absolute Gasteiger partial charge is 0.370 e. The molecule has 0 atom stereocenters. The average molecular weight is 245 g/mol. The number of aryl methyl sites for hydroxylation is 1. The first-order valence-electron chi connectivity index (χ1n) is 5.70. The minimum Gasteiger partial charge on any atom is -0.370 e. The van der Waals surface area contributed by atoms with Crippen LogP contribution in [0.5, 0.6) is 0 Å². The monoisotopic (exact) mass is 245 g/mol. The Bertz CT molecular complexity index is 549. The van der Waals surface area contributed by atoms with E-state index in [1.807, 2.05) is 6.92 Å². The molecule has 0 bridgehead atoms. The highest BCUT2D eigenvalue weighted by Gasteiger charge is 2.12. The van der Waals surface area contributed by atoms with Gasteiger partial charge in [-0.05, 0) is 19.1 Å². The number of nitrogens with zero attached hydrogens (tertiary/aromatic N) is 3. The summed E-state index contributed by atoms with van der Waals surface area (Å²) in [5.74, 6) is 0.875. The van der Waals surface area contributed by atoms with Crippen LogP contribution in [-0.4, -0.2) is 27.2 Å². The molecule has 0 aliphatic heterocycles. The Morgan fingerprint density at radius 2 is 2.28 bits per heavy atom. The Hall–Kier alpha value is -2.37. The Kier molecular flexibility index (Phi) is 3.57. The normalized spacial score (nSPS) is 10.1. The van der Waals surface area contributed by atoms with Gasteiger partial charge in [-0.15, -0.1) is 0 Å². The molecule has 6 nitrogen and oxygen atoms in total. The summed E-state index contributed by atoms with van der Waals surface area (Å²) >= 11 is 0. The Morgan fingerprint density at radius 1 is 1.44 bits per heavy atom. The van der Waals surface area contributed by atoms with Crippen molar-refractivity contribution >= 4 is 17.5 Å². The van der Waals surface area contributed by atoms with Crippen molar-refractivity contribution in [3.63, 3.8) is 0 Å². The van der Waals surface area contributed by atoms with E-state index < -0.39 is 0 Å². The van der Waals surface area contributed by atoms with Gasteiger partial charge in [0, 0.05) is 32.1 Å². The topological polar surface area (TPSA) is 71.8 Å². The quantitative estimate of drug-likeness (QED) is 0.856. The lowest BCUT2D eigenvalue weighted by Crippen LogP contribution is -2.16. The van der Waals surface area contributed by atoms with Gasteiger partial charge in [0.2, 0.25) is 0 Å². The van der Waals surface area contributed by atoms with Crippen LogP contribution >= 0.6 is 0 Å². The maximum absolute atomic E-state index is 12.1. The van der Waals surface area contributed by atoms with Gasteiger partial charge in [0.1, 0.15) is 5.82 Å². The fraction of sp³-hybridized carbons (Fsp3) is 0.250. The molecule has 0 unspecified atom stereocenters. The molecular weight excluding hydrogens is 230 g/mol. The van der Waals surface area contributed by atoms with E-state index in [0.29, 0.717) is 23.7 Å². The maximum Gasteiger partial charge on any atom is 0.260 e. The Labute approximate surface area is 105 Å². The number of hydrogen-bond acceptors (Lipinski definition) is 4. The smallest absolute Gasteiger partial charge is 0.260 e. The van der Waals surface area contributed by atoms with Crippen LogP contribution in [0.15, 0.2) is 30.6 Å². The third kappa shape index (κ3) is 2.65. The zero-order chi connectivity index (χ0) is 13.0. The van der Waals surface area contributed by atoms with Crippen molar-refractivity contribution in [2.24, 2.45) is 7.05 Å². The predicted molar refractivity (Wildman–Crippen MR) is 69.6 cm³/mol. The summed E-state index contributed by atoms with van der Waals surface area (Å²) in [6, 6.07) is 5.19. The number of hydrogen-bond donors (Lipinski definition) is 2. The van der Waals surface area contributed by atoms with Crippen LogP contribution in [0, 0.1) is 0 Å². The summed E-state index contributed by atoms with van der Waals surface area (Å²) in [6.07, 6.45) is 3.42.